The first-order valence-corrected chi connectivity index (χ1v) is 10.8. The van der Waals surface area contributed by atoms with Crippen LogP contribution in [-0.2, 0) is 9.59 Å². The van der Waals surface area contributed by atoms with E-state index in [2.05, 4.69) is 10.2 Å². The Morgan fingerprint density at radius 2 is 1.32 bits per heavy atom. The van der Waals surface area contributed by atoms with Gasteiger partial charge in [0.15, 0.2) is 0 Å². The van der Waals surface area contributed by atoms with Gasteiger partial charge in [-0.2, -0.15) is 0 Å². The van der Waals surface area contributed by atoms with Gasteiger partial charge >= 0.3 is 0 Å². The second-order valence-electron chi connectivity index (χ2n) is 7.95. The summed E-state index contributed by atoms with van der Waals surface area (Å²) in [6.45, 7) is 8.52. The van der Waals surface area contributed by atoms with Gasteiger partial charge in [-0.3, -0.25) is 14.5 Å². The van der Waals surface area contributed by atoms with E-state index in [1.54, 1.807) is 12.2 Å². The minimum Gasteiger partial charge on any atom is -0.351 e. The number of benzene rings is 2. The fourth-order valence-corrected chi connectivity index (χ4v) is 3.39. The number of carbonyl (C=O) groups is 2. The van der Waals surface area contributed by atoms with Crippen LogP contribution in [0, 0.1) is 13.8 Å². The van der Waals surface area contributed by atoms with Crippen molar-refractivity contribution in [3.8, 4) is 0 Å². The van der Waals surface area contributed by atoms with Gasteiger partial charge < -0.3 is 10.2 Å². The molecule has 2 aromatic carbocycles. The van der Waals surface area contributed by atoms with Gasteiger partial charge in [-0.15, -0.1) is 0 Å². The second-order valence-corrected chi connectivity index (χ2v) is 7.95. The maximum Gasteiger partial charge on any atom is 0.246 e. The highest BCUT2D eigenvalue weighted by Gasteiger charge is 2.19. The SMILES string of the molecule is Cc1ccc(C=CC(=O)NCCN2CCN(C(=O)C=Cc3ccc(C)cc3)CC2)cc1. The van der Waals surface area contributed by atoms with Crippen molar-refractivity contribution in [3.63, 3.8) is 0 Å². The van der Waals surface area contributed by atoms with E-state index in [1.165, 1.54) is 11.1 Å². The normalized spacial score (nSPS) is 15.0. The smallest absolute Gasteiger partial charge is 0.246 e. The Hall–Kier alpha value is -3.18. The summed E-state index contributed by atoms with van der Waals surface area (Å²) in [4.78, 5) is 28.6. The molecule has 1 aliphatic heterocycles. The van der Waals surface area contributed by atoms with Gasteiger partial charge in [0, 0.05) is 51.4 Å². The van der Waals surface area contributed by atoms with E-state index in [0.717, 1.165) is 30.8 Å². The molecule has 1 fully saturated rings. The molecule has 1 N–H and O–H groups in total. The maximum atomic E-state index is 12.4. The molecule has 3 rings (SSSR count). The van der Waals surface area contributed by atoms with Crippen molar-refractivity contribution in [1.29, 1.82) is 0 Å². The van der Waals surface area contributed by atoms with Crippen molar-refractivity contribution < 1.29 is 9.59 Å². The van der Waals surface area contributed by atoms with Crippen LogP contribution in [0.4, 0.5) is 0 Å². The third-order valence-corrected chi connectivity index (χ3v) is 5.41. The molecule has 0 saturated carbocycles. The van der Waals surface area contributed by atoms with Gasteiger partial charge in [0.2, 0.25) is 11.8 Å². The Balaban J connectivity index is 1.34. The largest absolute Gasteiger partial charge is 0.351 e. The third kappa shape index (κ3) is 7.54. The van der Waals surface area contributed by atoms with Gasteiger partial charge in [-0.1, -0.05) is 59.7 Å². The average Bonchev–Trinajstić information content (AvgIpc) is 2.78. The molecule has 0 aromatic heterocycles. The van der Waals surface area contributed by atoms with Crippen LogP contribution >= 0.6 is 0 Å². The van der Waals surface area contributed by atoms with Gasteiger partial charge in [-0.05, 0) is 37.1 Å². The zero-order valence-corrected chi connectivity index (χ0v) is 18.4. The Kier molecular flexibility index (Phi) is 8.19. The first-order valence-electron chi connectivity index (χ1n) is 10.8. The molecule has 1 aliphatic rings. The maximum absolute atomic E-state index is 12.4. The summed E-state index contributed by atoms with van der Waals surface area (Å²) in [7, 11) is 0. The molecule has 0 bridgehead atoms. The molecule has 0 spiro atoms. The first kappa shape index (κ1) is 22.5. The highest BCUT2D eigenvalue weighted by molar-refractivity contribution is 5.92. The molecule has 0 unspecified atom stereocenters. The molecule has 5 nitrogen and oxygen atoms in total. The molecule has 0 aliphatic carbocycles. The molecule has 1 heterocycles. The summed E-state index contributed by atoms with van der Waals surface area (Å²) in [5.74, 6) is -0.0367. The number of hydrogen-bond donors (Lipinski definition) is 1. The van der Waals surface area contributed by atoms with Crippen molar-refractivity contribution in [1.82, 2.24) is 15.1 Å². The number of piperazine rings is 1. The van der Waals surface area contributed by atoms with E-state index in [0.29, 0.717) is 19.6 Å². The van der Waals surface area contributed by atoms with Crippen molar-refractivity contribution in [3.05, 3.63) is 82.9 Å². The highest BCUT2D eigenvalue weighted by atomic mass is 16.2. The molecule has 31 heavy (non-hydrogen) atoms. The minimum absolute atomic E-state index is 0.0507. The van der Waals surface area contributed by atoms with E-state index in [-0.39, 0.29) is 11.8 Å². The fourth-order valence-electron chi connectivity index (χ4n) is 3.39. The molecular weight excluding hydrogens is 386 g/mol. The quantitative estimate of drug-likeness (QED) is 0.704. The lowest BCUT2D eigenvalue weighted by Crippen LogP contribution is -2.49. The molecule has 2 aromatic rings. The third-order valence-electron chi connectivity index (χ3n) is 5.41. The summed E-state index contributed by atoms with van der Waals surface area (Å²) in [6.07, 6.45) is 6.92. The van der Waals surface area contributed by atoms with Crippen LogP contribution in [0.3, 0.4) is 0 Å². The monoisotopic (exact) mass is 417 g/mol. The summed E-state index contributed by atoms with van der Waals surface area (Å²) in [5.41, 5.74) is 4.45. The second kappa shape index (κ2) is 11.3. The average molecular weight is 418 g/mol. The molecule has 162 valence electrons. The molecule has 0 radical (unpaired) electrons. The lowest BCUT2D eigenvalue weighted by atomic mass is 10.1. The van der Waals surface area contributed by atoms with E-state index >= 15 is 0 Å². The number of hydrogen-bond acceptors (Lipinski definition) is 3. The van der Waals surface area contributed by atoms with E-state index in [4.69, 9.17) is 0 Å². The summed E-state index contributed by atoms with van der Waals surface area (Å²) >= 11 is 0. The fraction of sp³-hybridized carbons (Fsp3) is 0.308. The minimum atomic E-state index is -0.0874. The van der Waals surface area contributed by atoms with Crippen LogP contribution in [0.15, 0.2) is 60.7 Å². The number of amides is 2. The summed E-state index contributed by atoms with van der Waals surface area (Å²) in [5, 5.41) is 2.93. The van der Waals surface area contributed by atoms with Gasteiger partial charge in [0.1, 0.15) is 0 Å². The van der Waals surface area contributed by atoms with Gasteiger partial charge in [-0.25, -0.2) is 0 Å². The molecule has 0 atom stereocenters. The zero-order valence-electron chi connectivity index (χ0n) is 18.4. The number of carbonyl (C=O) groups excluding carboxylic acids is 2. The number of nitrogens with zero attached hydrogens (tertiary/aromatic N) is 2. The highest BCUT2D eigenvalue weighted by Crippen LogP contribution is 2.08. The predicted molar refractivity (Wildman–Crippen MR) is 126 cm³/mol. The standard InChI is InChI=1S/C26H31N3O2/c1-21-3-7-23(8-4-21)11-13-25(30)27-15-16-28-17-19-29(20-18-28)26(31)14-12-24-9-5-22(2)6-10-24/h3-14H,15-20H2,1-2H3,(H,27,30). The Labute approximate surface area is 185 Å². The van der Waals surface area contributed by atoms with Crippen molar-refractivity contribution >= 4 is 24.0 Å². The predicted octanol–water partition coefficient (Wildman–Crippen LogP) is 3.29. The van der Waals surface area contributed by atoms with Crippen LogP contribution in [0.5, 0.6) is 0 Å². The first-order chi connectivity index (χ1) is 15.0. The molecule has 1 saturated heterocycles. The summed E-state index contributed by atoms with van der Waals surface area (Å²) < 4.78 is 0. The Morgan fingerprint density at radius 3 is 1.87 bits per heavy atom. The van der Waals surface area contributed by atoms with Crippen molar-refractivity contribution in [2.75, 3.05) is 39.3 Å². The number of rotatable bonds is 7. The topological polar surface area (TPSA) is 52.7 Å². The van der Waals surface area contributed by atoms with Crippen molar-refractivity contribution in [2.45, 2.75) is 13.8 Å². The van der Waals surface area contributed by atoms with Crippen LogP contribution in [0.1, 0.15) is 22.3 Å². The van der Waals surface area contributed by atoms with E-state index in [9.17, 15) is 9.59 Å². The van der Waals surface area contributed by atoms with E-state index < -0.39 is 0 Å². The van der Waals surface area contributed by atoms with Crippen LogP contribution in [0.25, 0.3) is 12.2 Å². The van der Waals surface area contributed by atoms with Crippen molar-refractivity contribution in [2.24, 2.45) is 0 Å². The lowest BCUT2D eigenvalue weighted by molar-refractivity contribution is -0.127. The number of aryl methyl sites for hydroxylation is 2. The molecule has 5 heteroatoms. The van der Waals surface area contributed by atoms with E-state index in [1.807, 2.05) is 79.4 Å². The summed E-state index contributed by atoms with van der Waals surface area (Å²) in [6, 6.07) is 16.2. The van der Waals surface area contributed by atoms with Crippen LogP contribution in [-0.4, -0.2) is 60.9 Å². The Bertz CT molecular complexity index is 919. The van der Waals surface area contributed by atoms with Crippen LogP contribution < -0.4 is 5.32 Å². The molecular formula is C26H31N3O2. The van der Waals surface area contributed by atoms with Gasteiger partial charge in [0.25, 0.3) is 0 Å². The molecule has 2 amide bonds. The zero-order chi connectivity index (χ0) is 22.1. The Morgan fingerprint density at radius 1 is 0.806 bits per heavy atom. The lowest BCUT2D eigenvalue weighted by Gasteiger charge is -2.34. The number of nitrogens with one attached hydrogen (secondary N) is 1. The van der Waals surface area contributed by atoms with Gasteiger partial charge in [0.05, 0.1) is 0 Å². The van der Waals surface area contributed by atoms with Crippen LogP contribution in [0.2, 0.25) is 0 Å².